The molecule has 7 nitrogen and oxygen atoms in total. The number of nitrogens with one attached hydrogen (secondary N) is 1. The molecule has 0 saturated heterocycles. The number of carbonyl (C=O) groups is 1. The third-order valence-electron chi connectivity index (χ3n) is 5.16. The van der Waals surface area contributed by atoms with Crippen molar-refractivity contribution in [2.75, 3.05) is 0 Å². The molecule has 0 aliphatic heterocycles. The summed E-state index contributed by atoms with van der Waals surface area (Å²) in [6, 6.07) is 21.1. The third kappa shape index (κ3) is 5.00. The lowest BCUT2D eigenvalue weighted by Gasteiger charge is -2.12. The van der Waals surface area contributed by atoms with Gasteiger partial charge in [0.15, 0.2) is 0 Å². The molecule has 1 N–H and O–H groups in total. The highest BCUT2D eigenvalue weighted by atomic mass is 16.2. The van der Waals surface area contributed by atoms with Gasteiger partial charge < -0.3 is 5.32 Å². The lowest BCUT2D eigenvalue weighted by Crippen LogP contribution is -2.29. The Balaban J connectivity index is 1.47. The molecule has 2 heterocycles. The molecule has 4 aromatic rings. The Bertz CT molecular complexity index is 1240. The summed E-state index contributed by atoms with van der Waals surface area (Å²) in [7, 11) is 0. The molecular weight excluding hydrogens is 402 g/mol. The summed E-state index contributed by atoms with van der Waals surface area (Å²) in [6.45, 7) is 3.53. The van der Waals surface area contributed by atoms with E-state index < -0.39 is 0 Å². The monoisotopic (exact) mass is 427 g/mol. The zero-order chi connectivity index (χ0) is 22.3. The number of amides is 1. The maximum Gasteiger partial charge on any atom is 0.271 e. The van der Waals surface area contributed by atoms with E-state index in [4.69, 9.17) is 0 Å². The number of benzene rings is 2. The second-order valence-electron chi connectivity index (χ2n) is 7.52. The second-order valence-corrected chi connectivity index (χ2v) is 7.52. The quantitative estimate of drug-likeness (QED) is 0.467. The minimum atomic E-state index is -0.306. The molecule has 32 heavy (non-hydrogen) atoms. The van der Waals surface area contributed by atoms with Crippen molar-refractivity contribution >= 4 is 5.91 Å². The molecule has 2 aromatic heterocycles. The van der Waals surface area contributed by atoms with Crippen LogP contribution in [0.15, 0.2) is 83.9 Å². The molecule has 162 valence electrons. The Kier molecular flexibility index (Phi) is 6.55. The maximum atomic E-state index is 12.6. The topological polar surface area (TPSA) is 81.8 Å². The molecule has 0 spiro atoms. The van der Waals surface area contributed by atoms with Crippen molar-refractivity contribution in [3.05, 3.63) is 106 Å². The lowest BCUT2D eigenvalue weighted by molar-refractivity contribution is 0.0943. The van der Waals surface area contributed by atoms with Crippen molar-refractivity contribution < 1.29 is 4.79 Å². The summed E-state index contributed by atoms with van der Waals surface area (Å²) in [5.41, 5.74) is 4.33. The van der Waals surface area contributed by atoms with E-state index in [0.717, 1.165) is 35.2 Å². The molecule has 2 aromatic carbocycles. The number of aromatic nitrogens is 4. The number of carbonyl (C=O) groups excluding carboxylic acids is 1. The fourth-order valence-corrected chi connectivity index (χ4v) is 3.53. The average Bonchev–Trinajstić information content (AvgIpc) is 3.33. The van der Waals surface area contributed by atoms with Crippen LogP contribution in [-0.4, -0.2) is 25.5 Å². The van der Waals surface area contributed by atoms with Crippen LogP contribution in [0.2, 0.25) is 0 Å². The Morgan fingerprint density at radius 2 is 1.81 bits per heavy atom. The molecule has 0 atom stereocenters. The molecular formula is C25H25N5O2. The van der Waals surface area contributed by atoms with Gasteiger partial charge in [-0.3, -0.25) is 14.3 Å². The predicted molar refractivity (Wildman–Crippen MR) is 123 cm³/mol. The number of hydrogen-bond acceptors (Lipinski definition) is 4. The van der Waals surface area contributed by atoms with Gasteiger partial charge in [-0.15, -0.1) is 0 Å². The summed E-state index contributed by atoms with van der Waals surface area (Å²) in [5.74, 6) is -0.306. The highest BCUT2D eigenvalue weighted by Gasteiger charge is 2.11. The van der Waals surface area contributed by atoms with E-state index in [0.29, 0.717) is 13.1 Å². The standard InChI is InChI=1S/C25H25N5O2/c1-2-15-30-24(31)13-12-23(28-30)25(32)26-17-21-6-3-4-7-22(21)20-10-8-19(9-11-20)18-29-16-5-14-27-29/h3-14,16H,2,15,17-18H2,1H3,(H,26,32). The maximum absolute atomic E-state index is 12.6. The molecule has 0 fully saturated rings. The molecule has 0 radical (unpaired) electrons. The van der Waals surface area contributed by atoms with Crippen molar-refractivity contribution in [3.8, 4) is 11.1 Å². The van der Waals surface area contributed by atoms with Gasteiger partial charge in [0.2, 0.25) is 0 Å². The van der Waals surface area contributed by atoms with E-state index >= 15 is 0 Å². The zero-order valence-electron chi connectivity index (χ0n) is 17.9. The molecule has 7 heteroatoms. The van der Waals surface area contributed by atoms with E-state index in [-0.39, 0.29) is 17.2 Å². The van der Waals surface area contributed by atoms with Gasteiger partial charge in [0.25, 0.3) is 11.5 Å². The number of hydrogen-bond donors (Lipinski definition) is 1. The van der Waals surface area contributed by atoms with Crippen molar-refractivity contribution in [2.45, 2.75) is 33.0 Å². The van der Waals surface area contributed by atoms with Crippen LogP contribution in [-0.2, 0) is 19.6 Å². The molecule has 0 unspecified atom stereocenters. The SMILES string of the molecule is CCCn1nc(C(=O)NCc2ccccc2-c2ccc(Cn3cccn3)cc2)ccc1=O. The van der Waals surface area contributed by atoms with E-state index in [2.05, 4.69) is 39.8 Å². The van der Waals surface area contributed by atoms with Crippen LogP contribution in [0.5, 0.6) is 0 Å². The number of nitrogens with zero attached hydrogens (tertiary/aromatic N) is 4. The fraction of sp³-hybridized carbons (Fsp3) is 0.200. The number of aryl methyl sites for hydroxylation is 1. The Morgan fingerprint density at radius 1 is 1.00 bits per heavy atom. The van der Waals surface area contributed by atoms with Crippen LogP contribution in [0, 0.1) is 0 Å². The van der Waals surface area contributed by atoms with Crippen molar-refractivity contribution in [1.82, 2.24) is 24.9 Å². The van der Waals surface area contributed by atoms with Crippen LogP contribution in [0.1, 0.15) is 35.0 Å². The smallest absolute Gasteiger partial charge is 0.271 e. The molecule has 0 aliphatic rings. The van der Waals surface area contributed by atoms with Gasteiger partial charge in [-0.2, -0.15) is 10.2 Å². The lowest BCUT2D eigenvalue weighted by atomic mass is 9.98. The minimum Gasteiger partial charge on any atom is -0.347 e. The Hall–Kier alpha value is -4.00. The van der Waals surface area contributed by atoms with Crippen LogP contribution in [0.3, 0.4) is 0 Å². The highest BCUT2D eigenvalue weighted by molar-refractivity contribution is 5.92. The van der Waals surface area contributed by atoms with Gasteiger partial charge in [-0.25, -0.2) is 4.68 Å². The van der Waals surface area contributed by atoms with Gasteiger partial charge in [-0.05, 0) is 40.8 Å². The first-order chi connectivity index (χ1) is 15.6. The van der Waals surface area contributed by atoms with Crippen LogP contribution >= 0.6 is 0 Å². The van der Waals surface area contributed by atoms with Crippen molar-refractivity contribution in [1.29, 1.82) is 0 Å². The Morgan fingerprint density at radius 3 is 2.56 bits per heavy atom. The van der Waals surface area contributed by atoms with Gasteiger partial charge in [0, 0.05) is 31.5 Å². The van der Waals surface area contributed by atoms with Crippen LogP contribution in [0.25, 0.3) is 11.1 Å². The largest absolute Gasteiger partial charge is 0.347 e. The third-order valence-corrected chi connectivity index (χ3v) is 5.16. The summed E-state index contributed by atoms with van der Waals surface area (Å²) in [4.78, 5) is 24.5. The zero-order valence-corrected chi connectivity index (χ0v) is 17.9. The summed E-state index contributed by atoms with van der Waals surface area (Å²) in [6.07, 6.45) is 4.48. The van der Waals surface area contributed by atoms with Gasteiger partial charge in [0.1, 0.15) is 5.69 Å². The van der Waals surface area contributed by atoms with Crippen molar-refractivity contribution in [3.63, 3.8) is 0 Å². The fourth-order valence-electron chi connectivity index (χ4n) is 3.53. The molecule has 0 bridgehead atoms. The Labute approximate surface area is 186 Å². The van der Waals surface area contributed by atoms with Gasteiger partial charge in [0.05, 0.1) is 6.54 Å². The average molecular weight is 428 g/mol. The van der Waals surface area contributed by atoms with E-state index in [1.54, 1.807) is 6.20 Å². The van der Waals surface area contributed by atoms with E-state index in [1.165, 1.54) is 16.8 Å². The van der Waals surface area contributed by atoms with Crippen LogP contribution < -0.4 is 10.9 Å². The first kappa shape index (κ1) is 21.2. The predicted octanol–water partition coefficient (Wildman–Crippen LogP) is 3.50. The van der Waals surface area contributed by atoms with Crippen LogP contribution in [0.4, 0.5) is 0 Å². The molecule has 4 rings (SSSR count). The second kappa shape index (κ2) is 9.87. The first-order valence-corrected chi connectivity index (χ1v) is 10.6. The normalized spacial score (nSPS) is 10.8. The summed E-state index contributed by atoms with van der Waals surface area (Å²) >= 11 is 0. The highest BCUT2D eigenvalue weighted by Crippen LogP contribution is 2.24. The minimum absolute atomic E-state index is 0.204. The first-order valence-electron chi connectivity index (χ1n) is 10.6. The molecule has 1 amide bonds. The summed E-state index contributed by atoms with van der Waals surface area (Å²) in [5, 5.41) is 11.4. The van der Waals surface area contributed by atoms with Gasteiger partial charge >= 0.3 is 0 Å². The van der Waals surface area contributed by atoms with E-state index in [1.807, 2.05) is 48.1 Å². The summed E-state index contributed by atoms with van der Waals surface area (Å²) < 4.78 is 3.21. The number of rotatable bonds is 8. The molecule has 0 aliphatic carbocycles. The molecule has 0 saturated carbocycles. The van der Waals surface area contributed by atoms with Crippen molar-refractivity contribution in [2.24, 2.45) is 0 Å². The van der Waals surface area contributed by atoms with Gasteiger partial charge in [-0.1, -0.05) is 55.5 Å². The van der Waals surface area contributed by atoms with E-state index in [9.17, 15) is 9.59 Å².